The number of hydrogen-bond acceptors (Lipinski definition) is 6. The van der Waals surface area contributed by atoms with Crippen LogP contribution < -0.4 is 15.1 Å². The molecular weight excluding hydrogens is 440 g/mol. The molecule has 2 atom stereocenters. The Hall–Kier alpha value is -3.87. The second-order valence-corrected chi connectivity index (χ2v) is 9.08. The first kappa shape index (κ1) is 22.9. The highest BCUT2D eigenvalue weighted by molar-refractivity contribution is 6.08. The first-order valence-electron chi connectivity index (χ1n) is 12.2. The zero-order chi connectivity index (χ0) is 24.4. The predicted molar refractivity (Wildman–Crippen MR) is 139 cm³/mol. The number of allylic oxidation sites excluding steroid dienone is 5. The van der Waals surface area contributed by atoms with Gasteiger partial charge in [-0.1, -0.05) is 37.3 Å². The van der Waals surface area contributed by atoms with Gasteiger partial charge in [-0.2, -0.15) is 0 Å². The summed E-state index contributed by atoms with van der Waals surface area (Å²) in [6, 6.07) is 9.92. The number of aliphatic imine (C=N–C) groups is 1. The predicted octanol–water partition coefficient (Wildman–Crippen LogP) is 4.58. The van der Waals surface area contributed by atoms with Crippen molar-refractivity contribution in [2.24, 2.45) is 16.8 Å². The Labute approximate surface area is 205 Å². The molecule has 2 fully saturated rings. The molecule has 35 heavy (non-hydrogen) atoms. The maximum atomic E-state index is 12.9. The van der Waals surface area contributed by atoms with E-state index in [2.05, 4.69) is 53.2 Å². The van der Waals surface area contributed by atoms with E-state index in [-0.39, 0.29) is 17.7 Å². The lowest BCUT2D eigenvalue weighted by Crippen LogP contribution is -2.46. The van der Waals surface area contributed by atoms with Crippen LogP contribution in [-0.2, 0) is 4.79 Å². The number of aldehydes is 1. The van der Waals surface area contributed by atoms with Crippen LogP contribution >= 0.6 is 0 Å². The fourth-order valence-electron chi connectivity index (χ4n) is 4.98. The minimum atomic E-state index is -0.293. The Morgan fingerprint density at radius 3 is 2.66 bits per heavy atom. The Morgan fingerprint density at radius 2 is 1.91 bits per heavy atom. The summed E-state index contributed by atoms with van der Waals surface area (Å²) < 4.78 is 5.58. The molecule has 3 heterocycles. The average Bonchev–Trinajstić information content (AvgIpc) is 3.41. The highest BCUT2D eigenvalue weighted by atomic mass is 16.4. The molecular formula is C28H30N4O3. The normalized spacial score (nSPS) is 22.1. The number of benzene rings is 1. The van der Waals surface area contributed by atoms with Gasteiger partial charge in [-0.15, -0.1) is 0 Å². The number of carbonyl (C=O) groups excluding carboxylic acids is 2. The molecule has 1 amide bonds. The van der Waals surface area contributed by atoms with E-state index in [0.29, 0.717) is 12.2 Å². The van der Waals surface area contributed by atoms with Gasteiger partial charge in [-0.3, -0.25) is 14.6 Å². The van der Waals surface area contributed by atoms with Crippen molar-refractivity contribution in [3.8, 4) is 0 Å². The van der Waals surface area contributed by atoms with Gasteiger partial charge in [0, 0.05) is 55.3 Å². The van der Waals surface area contributed by atoms with E-state index in [1.165, 1.54) is 0 Å². The molecule has 0 spiro atoms. The number of amides is 1. The standard InChI is InChI=1S/C28H30N4O3/c1-3-23(27-22-7-5-4-6-8-24(22)30-28(27)34)29-25-17-20(10-9-19(25)2)31-13-15-32(16-14-31)26-12-11-21(18-33)35-26/h4-12,17-18,22,27H,3,13-16H2,1-2H3,(H,30,34). The third-order valence-electron chi connectivity index (χ3n) is 6.95. The van der Waals surface area contributed by atoms with Crippen LogP contribution in [0.5, 0.6) is 0 Å². The van der Waals surface area contributed by atoms with Gasteiger partial charge in [-0.05, 0) is 43.2 Å². The molecule has 1 N–H and O–H groups in total. The summed E-state index contributed by atoms with van der Waals surface area (Å²) in [6.45, 7) is 7.41. The van der Waals surface area contributed by atoms with Gasteiger partial charge < -0.3 is 19.5 Å². The number of aryl methyl sites for hydroxylation is 1. The van der Waals surface area contributed by atoms with Gasteiger partial charge in [0.2, 0.25) is 5.91 Å². The van der Waals surface area contributed by atoms with Crippen LogP contribution in [0.15, 0.2) is 75.8 Å². The third kappa shape index (κ3) is 4.58. The van der Waals surface area contributed by atoms with Crippen molar-refractivity contribution in [1.82, 2.24) is 5.32 Å². The zero-order valence-electron chi connectivity index (χ0n) is 20.1. The van der Waals surface area contributed by atoms with Crippen LogP contribution in [0.2, 0.25) is 0 Å². The quantitative estimate of drug-likeness (QED) is 0.494. The second-order valence-electron chi connectivity index (χ2n) is 9.08. The number of piperazine rings is 1. The number of nitrogens with one attached hydrogen (secondary N) is 1. The topological polar surface area (TPSA) is 78.2 Å². The molecule has 1 aromatic carbocycles. The number of carbonyl (C=O) groups is 2. The van der Waals surface area contributed by atoms with Crippen molar-refractivity contribution >= 4 is 35.2 Å². The largest absolute Gasteiger partial charge is 0.438 e. The zero-order valence-corrected chi connectivity index (χ0v) is 20.1. The SMILES string of the molecule is CCC(=Nc1cc(N2CCN(c3ccc(C=O)o3)CC2)ccc1C)C1C(=O)NC2=CC=CC=CC21. The fourth-order valence-corrected chi connectivity index (χ4v) is 4.98. The molecule has 180 valence electrons. The average molecular weight is 471 g/mol. The van der Waals surface area contributed by atoms with E-state index in [1.54, 1.807) is 6.07 Å². The lowest BCUT2D eigenvalue weighted by atomic mass is 9.87. The number of hydrogen-bond donors (Lipinski definition) is 1. The van der Waals surface area contributed by atoms with Crippen LogP contribution in [0.3, 0.4) is 0 Å². The van der Waals surface area contributed by atoms with Gasteiger partial charge in [0.05, 0.1) is 11.6 Å². The van der Waals surface area contributed by atoms with E-state index in [4.69, 9.17) is 9.41 Å². The van der Waals surface area contributed by atoms with Crippen molar-refractivity contribution in [3.63, 3.8) is 0 Å². The van der Waals surface area contributed by atoms with Gasteiger partial charge in [0.1, 0.15) is 0 Å². The van der Waals surface area contributed by atoms with Crippen molar-refractivity contribution in [2.75, 3.05) is 36.0 Å². The monoisotopic (exact) mass is 470 g/mol. The van der Waals surface area contributed by atoms with E-state index >= 15 is 0 Å². The smallest absolute Gasteiger partial charge is 0.233 e. The molecule has 2 aromatic rings. The van der Waals surface area contributed by atoms with Crippen molar-refractivity contribution < 1.29 is 14.0 Å². The van der Waals surface area contributed by atoms with Crippen LogP contribution in [0, 0.1) is 18.8 Å². The van der Waals surface area contributed by atoms with Crippen LogP contribution in [0.4, 0.5) is 17.3 Å². The van der Waals surface area contributed by atoms with E-state index in [0.717, 1.165) is 66.7 Å². The van der Waals surface area contributed by atoms with Crippen LogP contribution in [-0.4, -0.2) is 44.1 Å². The number of fused-ring (bicyclic) bond motifs is 1. The molecule has 1 aromatic heterocycles. The number of furan rings is 1. The summed E-state index contributed by atoms with van der Waals surface area (Å²) in [5.74, 6) is 0.805. The van der Waals surface area contributed by atoms with Gasteiger partial charge >= 0.3 is 0 Å². The molecule has 0 saturated carbocycles. The highest BCUT2D eigenvalue weighted by Crippen LogP contribution is 2.34. The lowest BCUT2D eigenvalue weighted by molar-refractivity contribution is -0.120. The Morgan fingerprint density at radius 1 is 1.11 bits per heavy atom. The Bertz CT molecular complexity index is 1240. The number of rotatable bonds is 6. The molecule has 7 nitrogen and oxygen atoms in total. The molecule has 2 saturated heterocycles. The first-order valence-corrected chi connectivity index (χ1v) is 12.2. The number of anilines is 2. The van der Waals surface area contributed by atoms with Crippen molar-refractivity contribution in [1.29, 1.82) is 0 Å². The van der Waals surface area contributed by atoms with Gasteiger partial charge in [0.15, 0.2) is 17.9 Å². The van der Waals surface area contributed by atoms with E-state index in [1.807, 2.05) is 30.4 Å². The maximum absolute atomic E-state index is 12.9. The Kier molecular flexibility index (Phi) is 6.40. The van der Waals surface area contributed by atoms with Crippen LogP contribution in [0.1, 0.15) is 29.5 Å². The number of nitrogens with zero attached hydrogens (tertiary/aromatic N) is 3. The fraction of sp³-hybridized carbons (Fsp3) is 0.321. The molecule has 0 radical (unpaired) electrons. The molecule has 3 aliphatic rings. The van der Waals surface area contributed by atoms with E-state index < -0.39 is 0 Å². The maximum Gasteiger partial charge on any atom is 0.233 e. The first-order chi connectivity index (χ1) is 17.1. The molecule has 2 aliphatic heterocycles. The van der Waals surface area contributed by atoms with E-state index in [9.17, 15) is 9.59 Å². The van der Waals surface area contributed by atoms with Crippen LogP contribution in [0.25, 0.3) is 0 Å². The van der Waals surface area contributed by atoms with Crippen molar-refractivity contribution in [3.05, 3.63) is 77.7 Å². The minimum Gasteiger partial charge on any atom is -0.438 e. The minimum absolute atomic E-state index is 0.00547. The summed E-state index contributed by atoms with van der Waals surface area (Å²) >= 11 is 0. The van der Waals surface area contributed by atoms with Crippen molar-refractivity contribution in [2.45, 2.75) is 20.3 Å². The summed E-state index contributed by atoms with van der Waals surface area (Å²) in [4.78, 5) is 33.4. The summed E-state index contributed by atoms with van der Waals surface area (Å²) in [6.07, 6.45) is 11.4. The third-order valence-corrected chi connectivity index (χ3v) is 6.95. The second kappa shape index (κ2) is 9.78. The molecule has 7 heteroatoms. The van der Waals surface area contributed by atoms with Gasteiger partial charge in [-0.25, -0.2) is 0 Å². The Balaban J connectivity index is 1.35. The molecule has 0 bridgehead atoms. The summed E-state index contributed by atoms with van der Waals surface area (Å²) in [5, 5.41) is 3.05. The molecule has 1 aliphatic carbocycles. The van der Waals surface area contributed by atoms with Gasteiger partial charge in [0.25, 0.3) is 0 Å². The lowest BCUT2D eigenvalue weighted by Gasteiger charge is -2.36. The highest BCUT2D eigenvalue weighted by Gasteiger charge is 2.39. The molecule has 5 rings (SSSR count). The molecule has 2 unspecified atom stereocenters. The summed E-state index contributed by atoms with van der Waals surface area (Å²) in [7, 11) is 0. The summed E-state index contributed by atoms with van der Waals surface area (Å²) in [5.41, 5.74) is 4.95.